The summed E-state index contributed by atoms with van der Waals surface area (Å²) in [6, 6.07) is 1.71. The largest absolute Gasteiger partial charge is 0.496 e. The van der Waals surface area contributed by atoms with Gasteiger partial charge < -0.3 is 4.74 Å². The molecule has 0 fully saturated rings. The third-order valence-electron chi connectivity index (χ3n) is 2.55. The van der Waals surface area contributed by atoms with E-state index in [2.05, 4.69) is 0 Å². The maximum absolute atomic E-state index is 12.0. The molecule has 0 amide bonds. The first-order valence-corrected chi connectivity index (χ1v) is 5.62. The Hall–Kier alpha value is -1.35. The van der Waals surface area contributed by atoms with Gasteiger partial charge in [-0.2, -0.15) is 0 Å². The lowest BCUT2D eigenvalue weighted by Gasteiger charge is -2.13. The van der Waals surface area contributed by atoms with Gasteiger partial charge in [-0.05, 0) is 38.0 Å². The van der Waals surface area contributed by atoms with E-state index < -0.39 is 0 Å². The lowest BCUT2D eigenvalue weighted by atomic mass is 9.98. The van der Waals surface area contributed by atoms with E-state index in [4.69, 9.17) is 16.3 Å². The maximum atomic E-state index is 12.0. The molecule has 0 N–H and O–H groups in total. The highest BCUT2D eigenvalue weighted by Gasteiger charge is 2.20. The Morgan fingerprint density at radius 2 is 1.94 bits per heavy atom. The fourth-order valence-corrected chi connectivity index (χ4v) is 1.89. The molecule has 17 heavy (non-hydrogen) atoms. The predicted molar refractivity (Wildman–Crippen MR) is 67.1 cm³/mol. The van der Waals surface area contributed by atoms with Crippen molar-refractivity contribution in [1.82, 2.24) is 0 Å². The summed E-state index contributed by atoms with van der Waals surface area (Å²) in [6.07, 6.45) is -0.128. The molecule has 0 aromatic heterocycles. The summed E-state index contributed by atoms with van der Waals surface area (Å²) in [4.78, 5) is 23.0. The Morgan fingerprint density at radius 1 is 1.35 bits per heavy atom. The van der Waals surface area contributed by atoms with E-state index in [0.29, 0.717) is 21.9 Å². The van der Waals surface area contributed by atoms with Gasteiger partial charge in [-0.1, -0.05) is 11.6 Å². The number of hydrogen-bond donors (Lipinski definition) is 0. The molecule has 0 spiro atoms. The van der Waals surface area contributed by atoms with Crippen LogP contribution in [0.1, 0.15) is 34.8 Å². The minimum atomic E-state index is -0.256. The zero-order valence-electron chi connectivity index (χ0n) is 10.4. The summed E-state index contributed by atoms with van der Waals surface area (Å²) in [7, 11) is 1.49. The number of ketones is 2. The molecule has 0 saturated carbocycles. The normalized spacial score (nSPS) is 10.2. The number of ether oxygens (including phenoxy) is 1. The van der Waals surface area contributed by atoms with Gasteiger partial charge in [-0.25, -0.2) is 0 Å². The summed E-state index contributed by atoms with van der Waals surface area (Å²) >= 11 is 6.10. The van der Waals surface area contributed by atoms with E-state index in [1.807, 2.05) is 6.92 Å². The van der Waals surface area contributed by atoms with E-state index in [0.717, 1.165) is 5.56 Å². The molecule has 0 radical (unpaired) electrons. The average molecular weight is 255 g/mol. The van der Waals surface area contributed by atoms with Crippen molar-refractivity contribution in [1.29, 1.82) is 0 Å². The van der Waals surface area contributed by atoms with Crippen LogP contribution >= 0.6 is 11.6 Å². The molecular weight excluding hydrogens is 240 g/mol. The Labute approximate surface area is 106 Å². The van der Waals surface area contributed by atoms with Crippen molar-refractivity contribution in [2.75, 3.05) is 7.11 Å². The fourth-order valence-electron chi connectivity index (χ4n) is 1.74. The van der Waals surface area contributed by atoms with Crippen molar-refractivity contribution >= 4 is 23.2 Å². The van der Waals surface area contributed by atoms with E-state index in [1.165, 1.54) is 14.0 Å². The van der Waals surface area contributed by atoms with Crippen LogP contribution in [0, 0.1) is 13.8 Å². The highest BCUT2D eigenvalue weighted by atomic mass is 35.5. The molecule has 0 aliphatic carbocycles. The number of hydrogen-bond acceptors (Lipinski definition) is 3. The molecule has 1 rings (SSSR count). The Morgan fingerprint density at radius 3 is 2.41 bits per heavy atom. The van der Waals surface area contributed by atoms with E-state index in [-0.39, 0.29) is 18.0 Å². The van der Waals surface area contributed by atoms with Crippen LogP contribution < -0.4 is 4.74 Å². The zero-order chi connectivity index (χ0) is 13.2. The number of aryl methyl sites for hydroxylation is 1. The molecule has 0 atom stereocenters. The van der Waals surface area contributed by atoms with Crippen LogP contribution in [0.5, 0.6) is 5.75 Å². The maximum Gasteiger partial charge on any atom is 0.174 e. The molecule has 92 valence electrons. The molecule has 0 unspecified atom stereocenters. The molecule has 0 aliphatic rings. The minimum absolute atomic E-state index is 0.128. The minimum Gasteiger partial charge on any atom is -0.496 e. The number of methoxy groups -OCH3 is 1. The van der Waals surface area contributed by atoms with Crippen molar-refractivity contribution in [3.8, 4) is 5.75 Å². The first kappa shape index (κ1) is 13.7. The molecule has 1 aromatic carbocycles. The Bertz CT molecular complexity index is 478. The van der Waals surface area contributed by atoms with Crippen molar-refractivity contribution in [2.45, 2.75) is 27.2 Å². The molecular formula is C13H15ClO3. The molecule has 3 nitrogen and oxygen atoms in total. The van der Waals surface area contributed by atoms with Crippen molar-refractivity contribution in [3.05, 3.63) is 27.8 Å². The summed E-state index contributed by atoms with van der Waals surface area (Å²) < 4.78 is 5.17. The topological polar surface area (TPSA) is 43.4 Å². The van der Waals surface area contributed by atoms with Gasteiger partial charge in [-0.3, -0.25) is 9.59 Å². The quantitative estimate of drug-likeness (QED) is 0.612. The van der Waals surface area contributed by atoms with E-state index in [9.17, 15) is 9.59 Å². The third kappa shape index (κ3) is 2.86. The van der Waals surface area contributed by atoms with Crippen LogP contribution in [0.2, 0.25) is 5.02 Å². The second-order valence-electron chi connectivity index (χ2n) is 4.01. The van der Waals surface area contributed by atoms with Crippen LogP contribution in [0.4, 0.5) is 0 Å². The molecule has 4 heteroatoms. The van der Waals surface area contributed by atoms with E-state index >= 15 is 0 Å². The summed E-state index contributed by atoms with van der Waals surface area (Å²) in [5.41, 5.74) is 1.91. The van der Waals surface area contributed by atoms with Crippen LogP contribution in [0.15, 0.2) is 6.07 Å². The fraction of sp³-hybridized carbons (Fsp3) is 0.385. The molecule has 0 saturated heterocycles. The van der Waals surface area contributed by atoms with Gasteiger partial charge in [0.25, 0.3) is 0 Å². The van der Waals surface area contributed by atoms with Gasteiger partial charge in [0.1, 0.15) is 11.5 Å². The number of carbonyl (C=O) groups is 2. The average Bonchev–Trinajstić information content (AvgIpc) is 2.23. The second kappa shape index (κ2) is 5.32. The second-order valence-corrected chi connectivity index (χ2v) is 4.39. The smallest absolute Gasteiger partial charge is 0.174 e. The Kier molecular flexibility index (Phi) is 4.29. The monoisotopic (exact) mass is 254 g/mol. The summed E-state index contributed by atoms with van der Waals surface area (Å²) in [5.74, 6) is 0.0394. The van der Waals surface area contributed by atoms with Crippen molar-refractivity contribution in [3.63, 3.8) is 0 Å². The molecule has 1 aromatic rings. The lowest BCUT2D eigenvalue weighted by Crippen LogP contribution is -2.09. The van der Waals surface area contributed by atoms with Crippen LogP contribution in [0.25, 0.3) is 0 Å². The SMILES string of the molecule is COc1cc(C)c(Cl)c(C)c1C(=O)CC(C)=O. The van der Waals surface area contributed by atoms with Gasteiger partial charge in [0.15, 0.2) is 5.78 Å². The van der Waals surface area contributed by atoms with Gasteiger partial charge in [0, 0.05) is 5.02 Å². The van der Waals surface area contributed by atoms with E-state index in [1.54, 1.807) is 13.0 Å². The van der Waals surface area contributed by atoms with Gasteiger partial charge >= 0.3 is 0 Å². The summed E-state index contributed by atoms with van der Waals surface area (Å²) in [6.45, 7) is 4.98. The molecule has 0 heterocycles. The highest BCUT2D eigenvalue weighted by Crippen LogP contribution is 2.32. The number of Topliss-reactive ketones (excluding diaryl/α,β-unsaturated/α-hetero) is 2. The van der Waals surface area contributed by atoms with Gasteiger partial charge in [0.05, 0.1) is 19.1 Å². The van der Waals surface area contributed by atoms with Crippen molar-refractivity contribution < 1.29 is 14.3 Å². The van der Waals surface area contributed by atoms with Crippen molar-refractivity contribution in [2.24, 2.45) is 0 Å². The molecule has 0 aliphatic heterocycles. The van der Waals surface area contributed by atoms with Crippen LogP contribution in [-0.2, 0) is 4.79 Å². The first-order chi connectivity index (χ1) is 7.88. The summed E-state index contributed by atoms with van der Waals surface area (Å²) in [5, 5.41) is 0.540. The van der Waals surface area contributed by atoms with Gasteiger partial charge in [-0.15, -0.1) is 0 Å². The third-order valence-corrected chi connectivity index (χ3v) is 3.13. The zero-order valence-corrected chi connectivity index (χ0v) is 11.1. The number of carbonyl (C=O) groups excluding carboxylic acids is 2. The standard InChI is InChI=1S/C13H15ClO3/c1-7-5-11(17-4)12(9(3)13(7)14)10(16)6-8(2)15/h5H,6H2,1-4H3. The molecule has 0 bridgehead atoms. The Balaban J connectivity index is 3.35. The number of rotatable bonds is 4. The van der Waals surface area contributed by atoms with Crippen LogP contribution in [-0.4, -0.2) is 18.7 Å². The number of benzene rings is 1. The lowest BCUT2D eigenvalue weighted by molar-refractivity contribution is -0.116. The predicted octanol–water partition coefficient (Wildman–Crippen LogP) is 3.13. The highest BCUT2D eigenvalue weighted by molar-refractivity contribution is 6.33. The van der Waals surface area contributed by atoms with Gasteiger partial charge in [0.2, 0.25) is 0 Å². The van der Waals surface area contributed by atoms with Crippen LogP contribution in [0.3, 0.4) is 0 Å². The number of halogens is 1. The first-order valence-electron chi connectivity index (χ1n) is 5.24.